The molecule has 1 aromatic carbocycles. The number of hydrogen-bond acceptors (Lipinski definition) is 3. The van der Waals surface area contributed by atoms with E-state index in [2.05, 4.69) is 10.6 Å². The maximum absolute atomic E-state index is 11.6. The molecule has 0 aliphatic carbocycles. The van der Waals surface area contributed by atoms with Crippen LogP contribution < -0.4 is 10.6 Å². The number of carbonyl (C=O) groups is 2. The van der Waals surface area contributed by atoms with Gasteiger partial charge in [0.1, 0.15) is 12.1 Å². The lowest BCUT2D eigenvalue weighted by atomic mass is 10.2. The van der Waals surface area contributed by atoms with E-state index in [1.54, 1.807) is 6.92 Å². The van der Waals surface area contributed by atoms with E-state index in [1.807, 2.05) is 6.07 Å². The average Bonchev–Trinajstić information content (AvgIpc) is 2.35. The van der Waals surface area contributed by atoms with Crippen LogP contribution in [0.1, 0.15) is 18.9 Å². The van der Waals surface area contributed by atoms with E-state index >= 15 is 0 Å². The summed E-state index contributed by atoms with van der Waals surface area (Å²) in [6, 6.07) is 4.69. The quantitative estimate of drug-likeness (QED) is 0.787. The zero-order valence-corrected chi connectivity index (χ0v) is 10.9. The molecule has 0 saturated carbocycles. The summed E-state index contributed by atoms with van der Waals surface area (Å²) in [6.07, 6.45) is 0.275. The van der Waals surface area contributed by atoms with Gasteiger partial charge < -0.3 is 15.7 Å². The number of urea groups is 1. The number of carboxylic acids is 1. The fourth-order valence-electron chi connectivity index (χ4n) is 1.35. The van der Waals surface area contributed by atoms with Crippen molar-refractivity contribution in [2.45, 2.75) is 19.4 Å². The highest BCUT2D eigenvalue weighted by Crippen LogP contribution is 2.20. The number of nitrogens with one attached hydrogen (secondary N) is 2. The number of amides is 2. The average molecular weight is 282 g/mol. The molecule has 19 heavy (non-hydrogen) atoms. The van der Waals surface area contributed by atoms with Crippen molar-refractivity contribution in [3.63, 3.8) is 0 Å². The summed E-state index contributed by atoms with van der Waals surface area (Å²) in [5.41, 5.74) is 0.673. The minimum Gasteiger partial charge on any atom is -0.480 e. The minimum atomic E-state index is -1.10. The number of hydrogen-bond donors (Lipinski definition) is 3. The van der Waals surface area contributed by atoms with Crippen molar-refractivity contribution in [2.75, 3.05) is 5.32 Å². The third kappa shape index (κ3) is 4.16. The van der Waals surface area contributed by atoms with Crippen LogP contribution in [0.25, 0.3) is 0 Å². The number of rotatable bonds is 4. The summed E-state index contributed by atoms with van der Waals surface area (Å²) < 4.78 is 0. The molecule has 0 saturated heterocycles. The second-order valence-electron chi connectivity index (χ2n) is 3.70. The van der Waals surface area contributed by atoms with Gasteiger partial charge >= 0.3 is 12.0 Å². The third-order valence-corrected chi connectivity index (χ3v) is 2.67. The van der Waals surface area contributed by atoms with Gasteiger partial charge in [0.2, 0.25) is 0 Å². The van der Waals surface area contributed by atoms with Crippen molar-refractivity contribution in [1.29, 1.82) is 5.26 Å². The molecule has 0 radical (unpaired) electrons. The minimum absolute atomic E-state index is 0.213. The van der Waals surface area contributed by atoms with Crippen LogP contribution in [-0.2, 0) is 4.79 Å². The highest BCUT2D eigenvalue weighted by molar-refractivity contribution is 6.32. The molecule has 2 amide bonds. The second kappa shape index (κ2) is 6.61. The van der Waals surface area contributed by atoms with Crippen molar-refractivity contribution >= 4 is 29.3 Å². The maximum Gasteiger partial charge on any atom is 0.326 e. The van der Waals surface area contributed by atoms with Crippen LogP contribution in [0, 0.1) is 11.3 Å². The molecule has 0 spiro atoms. The first-order valence-electron chi connectivity index (χ1n) is 5.48. The fourth-order valence-corrected chi connectivity index (χ4v) is 1.57. The Labute approximate surface area is 115 Å². The zero-order valence-electron chi connectivity index (χ0n) is 10.1. The van der Waals surface area contributed by atoms with Crippen molar-refractivity contribution < 1.29 is 14.7 Å². The molecule has 1 rings (SSSR count). The van der Waals surface area contributed by atoms with E-state index in [-0.39, 0.29) is 11.4 Å². The van der Waals surface area contributed by atoms with Crippen LogP contribution in [0.5, 0.6) is 0 Å². The number of halogens is 1. The zero-order chi connectivity index (χ0) is 14.4. The Balaban J connectivity index is 2.70. The Bertz CT molecular complexity index is 540. The molecule has 0 bridgehead atoms. The van der Waals surface area contributed by atoms with Crippen molar-refractivity contribution in [2.24, 2.45) is 0 Å². The molecule has 6 nitrogen and oxygen atoms in total. The molecule has 0 aromatic heterocycles. The summed E-state index contributed by atoms with van der Waals surface area (Å²) >= 11 is 5.81. The van der Waals surface area contributed by atoms with Gasteiger partial charge in [-0.1, -0.05) is 18.5 Å². The molecule has 1 atom stereocenters. The number of carbonyl (C=O) groups excluding carboxylic acids is 1. The Hall–Kier alpha value is -2.26. The smallest absolute Gasteiger partial charge is 0.326 e. The van der Waals surface area contributed by atoms with E-state index in [0.717, 1.165) is 0 Å². The summed E-state index contributed by atoms with van der Waals surface area (Å²) in [5, 5.41) is 22.5. The topological polar surface area (TPSA) is 102 Å². The molecule has 1 aromatic rings. The maximum atomic E-state index is 11.6. The number of aliphatic carboxylic acids is 1. The van der Waals surface area contributed by atoms with Crippen LogP contribution >= 0.6 is 11.6 Å². The highest BCUT2D eigenvalue weighted by atomic mass is 35.5. The van der Waals surface area contributed by atoms with Crippen LogP contribution in [0.2, 0.25) is 5.02 Å². The molecule has 100 valence electrons. The van der Waals surface area contributed by atoms with Gasteiger partial charge in [-0.15, -0.1) is 0 Å². The van der Waals surface area contributed by atoms with Gasteiger partial charge in [0.25, 0.3) is 0 Å². The van der Waals surface area contributed by atoms with Crippen LogP contribution in [-0.4, -0.2) is 23.1 Å². The highest BCUT2D eigenvalue weighted by Gasteiger charge is 2.17. The molecule has 0 aliphatic heterocycles. The number of anilines is 1. The summed E-state index contributed by atoms with van der Waals surface area (Å²) in [7, 11) is 0. The standard InChI is InChI=1S/C12H12ClN3O3/c1-2-10(11(17)18)16-12(19)15-8-4-3-7(6-14)9(13)5-8/h3-5,10H,2H2,1H3,(H,17,18)(H2,15,16,19). The van der Waals surface area contributed by atoms with Gasteiger partial charge in [-0.05, 0) is 24.6 Å². The third-order valence-electron chi connectivity index (χ3n) is 2.36. The first-order chi connectivity index (χ1) is 8.97. The first-order valence-corrected chi connectivity index (χ1v) is 5.85. The molecular weight excluding hydrogens is 270 g/mol. The SMILES string of the molecule is CCC(NC(=O)Nc1ccc(C#N)c(Cl)c1)C(=O)O. The Kier molecular flexibility index (Phi) is 5.15. The molecule has 7 heteroatoms. The van der Waals surface area contributed by atoms with Crippen LogP contribution in [0.4, 0.5) is 10.5 Å². The monoisotopic (exact) mass is 281 g/mol. The van der Waals surface area contributed by atoms with E-state index in [1.165, 1.54) is 18.2 Å². The van der Waals surface area contributed by atoms with Crippen LogP contribution in [0.15, 0.2) is 18.2 Å². The Morgan fingerprint density at radius 1 is 1.53 bits per heavy atom. The van der Waals surface area contributed by atoms with Crippen molar-refractivity contribution in [1.82, 2.24) is 5.32 Å². The van der Waals surface area contributed by atoms with E-state index in [0.29, 0.717) is 11.3 Å². The predicted molar refractivity (Wildman–Crippen MR) is 70.0 cm³/mol. The summed E-state index contributed by atoms with van der Waals surface area (Å²) in [4.78, 5) is 22.3. The number of nitriles is 1. The van der Waals surface area contributed by atoms with Gasteiger partial charge in [-0.25, -0.2) is 9.59 Å². The lowest BCUT2D eigenvalue weighted by molar-refractivity contribution is -0.139. The van der Waals surface area contributed by atoms with Gasteiger partial charge in [0.15, 0.2) is 0 Å². The molecule has 0 fully saturated rings. The van der Waals surface area contributed by atoms with E-state index in [9.17, 15) is 9.59 Å². The molecule has 3 N–H and O–H groups in total. The molecule has 0 heterocycles. The molecule has 1 unspecified atom stereocenters. The van der Waals surface area contributed by atoms with Crippen molar-refractivity contribution in [3.8, 4) is 6.07 Å². The Morgan fingerprint density at radius 2 is 2.21 bits per heavy atom. The van der Waals surface area contributed by atoms with E-state index in [4.69, 9.17) is 22.0 Å². The summed E-state index contributed by atoms with van der Waals surface area (Å²) in [5.74, 6) is -1.10. The number of nitrogens with zero attached hydrogens (tertiary/aromatic N) is 1. The lowest BCUT2D eigenvalue weighted by Crippen LogP contribution is -2.42. The number of carboxylic acid groups (broad SMARTS) is 1. The van der Waals surface area contributed by atoms with Gasteiger partial charge in [-0.3, -0.25) is 0 Å². The lowest BCUT2D eigenvalue weighted by Gasteiger charge is -2.13. The summed E-state index contributed by atoms with van der Waals surface area (Å²) in [6.45, 7) is 1.65. The first kappa shape index (κ1) is 14.8. The normalized spacial score (nSPS) is 11.2. The van der Waals surface area contributed by atoms with E-state index < -0.39 is 18.0 Å². The van der Waals surface area contributed by atoms with Crippen LogP contribution in [0.3, 0.4) is 0 Å². The van der Waals surface area contributed by atoms with Gasteiger partial charge in [0.05, 0.1) is 10.6 Å². The fraction of sp³-hybridized carbons (Fsp3) is 0.250. The molecule has 0 aliphatic rings. The van der Waals surface area contributed by atoms with Gasteiger partial charge in [0, 0.05) is 5.69 Å². The largest absolute Gasteiger partial charge is 0.480 e. The number of benzene rings is 1. The molecular formula is C12H12ClN3O3. The second-order valence-corrected chi connectivity index (χ2v) is 4.11. The van der Waals surface area contributed by atoms with Crippen molar-refractivity contribution in [3.05, 3.63) is 28.8 Å². The predicted octanol–water partition coefficient (Wildman–Crippen LogP) is 2.20. The van der Waals surface area contributed by atoms with Gasteiger partial charge in [-0.2, -0.15) is 5.26 Å². The Morgan fingerprint density at radius 3 is 2.68 bits per heavy atom.